The molecule has 160 valence electrons. The smallest absolute Gasteiger partial charge is 0.258 e. The number of anilines is 2. The molecule has 1 aliphatic rings. The van der Waals surface area contributed by atoms with E-state index in [9.17, 15) is 13.2 Å². The Morgan fingerprint density at radius 1 is 1.13 bits per heavy atom. The SMILES string of the molecule is CS(=O)(=O)N1CCN(c2ccccc2NC(=S)NC(=O)c2cc(I)ccc2Cl)CC1. The molecule has 0 saturated carbocycles. The molecule has 0 aliphatic carbocycles. The predicted molar refractivity (Wildman–Crippen MR) is 133 cm³/mol. The van der Waals surface area contributed by atoms with Gasteiger partial charge in [0.2, 0.25) is 10.0 Å². The van der Waals surface area contributed by atoms with Crippen LogP contribution in [0, 0.1) is 3.57 Å². The Labute approximate surface area is 200 Å². The van der Waals surface area contributed by atoms with E-state index in [-0.39, 0.29) is 5.11 Å². The number of nitrogens with zero attached hydrogens (tertiary/aromatic N) is 2. The molecule has 1 amide bonds. The summed E-state index contributed by atoms with van der Waals surface area (Å²) in [6.07, 6.45) is 1.22. The van der Waals surface area contributed by atoms with Crippen molar-refractivity contribution in [1.29, 1.82) is 0 Å². The molecule has 11 heteroatoms. The second-order valence-corrected chi connectivity index (χ2v) is 10.7. The summed E-state index contributed by atoms with van der Waals surface area (Å²) in [5.41, 5.74) is 1.96. The van der Waals surface area contributed by atoms with E-state index in [1.807, 2.05) is 30.3 Å². The number of hydrogen-bond donors (Lipinski definition) is 2. The van der Waals surface area contributed by atoms with Gasteiger partial charge in [-0.05, 0) is 65.1 Å². The highest BCUT2D eigenvalue weighted by molar-refractivity contribution is 14.1. The fraction of sp³-hybridized carbons (Fsp3) is 0.263. The lowest BCUT2D eigenvalue weighted by atomic mass is 10.2. The van der Waals surface area contributed by atoms with Crippen LogP contribution in [-0.2, 0) is 10.0 Å². The van der Waals surface area contributed by atoms with Crippen molar-refractivity contribution in [3.05, 3.63) is 56.6 Å². The molecule has 0 radical (unpaired) electrons. The van der Waals surface area contributed by atoms with Gasteiger partial charge in [0.1, 0.15) is 0 Å². The van der Waals surface area contributed by atoms with Crippen molar-refractivity contribution in [3.8, 4) is 0 Å². The Kier molecular flexibility index (Phi) is 7.56. The van der Waals surface area contributed by atoms with Crippen molar-refractivity contribution in [2.75, 3.05) is 42.7 Å². The molecule has 30 heavy (non-hydrogen) atoms. The van der Waals surface area contributed by atoms with Crippen LogP contribution in [0.25, 0.3) is 0 Å². The summed E-state index contributed by atoms with van der Waals surface area (Å²) in [7, 11) is -3.20. The van der Waals surface area contributed by atoms with Gasteiger partial charge in [-0.1, -0.05) is 23.7 Å². The van der Waals surface area contributed by atoms with Gasteiger partial charge in [0.25, 0.3) is 5.91 Å². The maximum Gasteiger partial charge on any atom is 0.258 e. The molecule has 1 saturated heterocycles. The number of para-hydroxylation sites is 2. The quantitative estimate of drug-likeness (QED) is 0.429. The summed E-state index contributed by atoms with van der Waals surface area (Å²) in [5, 5.41) is 6.22. The van der Waals surface area contributed by atoms with Crippen LogP contribution in [0.4, 0.5) is 11.4 Å². The molecule has 2 N–H and O–H groups in total. The average molecular weight is 579 g/mol. The molecule has 0 aromatic heterocycles. The Bertz CT molecular complexity index is 1070. The number of hydrogen-bond acceptors (Lipinski definition) is 5. The van der Waals surface area contributed by atoms with Gasteiger partial charge in [0.15, 0.2) is 5.11 Å². The third kappa shape index (κ3) is 5.82. The van der Waals surface area contributed by atoms with E-state index in [2.05, 4.69) is 38.1 Å². The van der Waals surface area contributed by atoms with Crippen LogP contribution >= 0.6 is 46.4 Å². The molecule has 0 unspecified atom stereocenters. The van der Waals surface area contributed by atoms with Crippen molar-refractivity contribution < 1.29 is 13.2 Å². The molecule has 1 fully saturated rings. The zero-order valence-corrected chi connectivity index (χ0v) is 20.6. The Morgan fingerprint density at radius 2 is 1.80 bits per heavy atom. The van der Waals surface area contributed by atoms with Crippen LogP contribution in [0.3, 0.4) is 0 Å². The van der Waals surface area contributed by atoms with Crippen LogP contribution < -0.4 is 15.5 Å². The van der Waals surface area contributed by atoms with E-state index in [4.69, 9.17) is 23.8 Å². The topological polar surface area (TPSA) is 81.8 Å². The highest BCUT2D eigenvalue weighted by Crippen LogP contribution is 2.27. The highest BCUT2D eigenvalue weighted by Gasteiger charge is 2.24. The number of piperazine rings is 1. The average Bonchev–Trinajstić information content (AvgIpc) is 2.69. The number of carbonyl (C=O) groups is 1. The van der Waals surface area contributed by atoms with E-state index in [0.717, 1.165) is 14.9 Å². The van der Waals surface area contributed by atoms with Crippen LogP contribution in [0.15, 0.2) is 42.5 Å². The first-order valence-electron chi connectivity index (χ1n) is 9.01. The molecule has 1 aliphatic heterocycles. The van der Waals surface area contributed by atoms with Gasteiger partial charge in [-0.15, -0.1) is 0 Å². The van der Waals surface area contributed by atoms with Crippen molar-refractivity contribution >= 4 is 78.8 Å². The van der Waals surface area contributed by atoms with Gasteiger partial charge in [0.05, 0.1) is 28.2 Å². The standard InChI is InChI=1S/C19H20ClIN4O3S2/c1-30(27,28)25-10-8-24(9-11-25)17-5-3-2-4-16(17)22-19(29)23-18(26)14-12-13(21)6-7-15(14)20/h2-7,12H,8-11H2,1H3,(H2,22,23,26,29). The summed E-state index contributed by atoms with van der Waals surface area (Å²) in [4.78, 5) is 14.6. The number of amides is 1. The summed E-state index contributed by atoms with van der Waals surface area (Å²) >= 11 is 13.6. The minimum Gasteiger partial charge on any atom is -0.367 e. The second-order valence-electron chi connectivity index (χ2n) is 6.70. The van der Waals surface area contributed by atoms with Gasteiger partial charge < -0.3 is 10.2 Å². The molecular formula is C19H20ClIN4O3S2. The van der Waals surface area contributed by atoms with E-state index in [0.29, 0.717) is 36.8 Å². The highest BCUT2D eigenvalue weighted by atomic mass is 127. The summed E-state index contributed by atoms with van der Waals surface area (Å²) < 4.78 is 25.8. The van der Waals surface area contributed by atoms with Crippen molar-refractivity contribution in [3.63, 3.8) is 0 Å². The lowest BCUT2D eigenvalue weighted by Gasteiger charge is -2.35. The molecule has 0 atom stereocenters. The summed E-state index contributed by atoms with van der Waals surface area (Å²) in [6, 6.07) is 12.7. The van der Waals surface area contributed by atoms with Gasteiger partial charge >= 0.3 is 0 Å². The Balaban J connectivity index is 1.68. The number of halogens is 2. The van der Waals surface area contributed by atoms with E-state index < -0.39 is 15.9 Å². The van der Waals surface area contributed by atoms with Gasteiger partial charge in [-0.3, -0.25) is 10.1 Å². The third-order valence-corrected chi connectivity index (χ3v) is 7.11. The molecular weight excluding hydrogens is 559 g/mol. The van der Waals surface area contributed by atoms with E-state index in [1.54, 1.807) is 12.1 Å². The fourth-order valence-electron chi connectivity index (χ4n) is 3.11. The van der Waals surface area contributed by atoms with Gasteiger partial charge in [0, 0.05) is 29.7 Å². The van der Waals surface area contributed by atoms with Crippen molar-refractivity contribution in [2.45, 2.75) is 0 Å². The van der Waals surface area contributed by atoms with Crippen LogP contribution in [0.2, 0.25) is 5.02 Å². The minimum atomic E-state index is -3.20. The lowest BCUT2D eigenvalue weighted by molar-refractivity contribution is 0.0978. The number of nitrogens with one attached hydrogen (secondary N) is 2. The minimum absolute atomic E-state index is 0.150. The lowest BCUT2D eigenvalue weighted by Crippen LogP contribution is -2.48. The van der Waals surface area contributed by atoms with Crippen LogP contribution in [-0.4, -0.2) is 56.2 Å². The molecule has 3 rings (SSSR count). The van der Waals surface area contributed by atoms with Crippen LogP contribution in [0.1, 0.15) is 10.4 Å². The van der Waals surface area contributed by atoms with Crippen molar-refractivity contribution in [1.82, 2.24) is 9.62 Å². The van der Waals surface area contributed by atoms with Crippen LogP contribution in [0.5, 0.6) is 0 Å². The molecule has 2 aromatic carbocycles. The second kappa shape index (κ2) is 9.77. The first-order valence-corrected chi connectivity index (χ1v) is 12.7. The number of carbonyl (C=O) groups excluding carboxylic acids is 1. The molecule has 0 bridgehead atoms. The molecule has 1 heterocycles. The normalized spacial score (nSPS) is 15.0. The maximum absolute atomic E-state index is 12.5. The summed E-state index contributed by atoms with van der Waals surface area (Å²) in [6.45, 7) is 1.95. The number of rotatable bonds is 4. The van der Waals surface area contributed by atoms with E-state index >= 15 is 0 Å². The molecule has 2 aromatic rings. The first kappa shape index (κ1) is 23.2. The number of benzene rings is 2. The third-order valence-electron chi connectivity index (χ3n) is 4.60. The monoisotopic (exact) mass is 578 g/mol. The zero-order valence-electron chi connectivity index (χ0n) is 16.1. The zero-order chi connectivity index (χ0) is 21.9. The molecule has 0 spiro atoms. The van der Waals surface area contributed by atoms with Gasteiger partial charge in [-0.25, -0.2) is 8.42 Å². The van der Waals surface area contributed by atoms with E-state index in [1.165, 1.54) is 10.6 Å². The fourth-order valence-corrected chi connectivity index (χ4v) is 4.84. The van der Waals surface area contributed by atoms with Gasteiger partial charge in [-0.2, -0.15) is 4.31 Å². The molecule has 7 nitrogen and oxygen atoms in total. The maximum atomic E-state index is 12.5. The first-order chi connectivity index (χ1) is 14.1. The Hall–Kier alpha value is -1.47. The predicted octanol–water partition coefficient (Wildman–Crippen LogP) is 3.15. The van der Waals surface area contributed by atoms with Crippen molar-refractivity contribution in [2.24, 2.45) is 0 Å². The Morgan fingerprint density at radius 3 is 2.47 bits per heavy atom. The summed E-state index contributed by atoms with van der Waals surface area (Å²) in [5.74, 6) is -0.393. The largest absolute Gasteiger partial charge is 0.367 e. The number of thiocarbonyl (C=S) groups is 1. The number of sulfonamides is 1.